The van der Waals surface area contributed by atoms with Gasteiger partial charge in [-0.3, -0.25) is 9.36 Å². The quantitative estimate of drug-likeness (QED) is 0.243. The summed E-state index contributed by atoms with van der Waals surface area (Å²) in [7, 11) is -3.69. The Morgan fingerprint density at radius 3 is 2.27 bits per heavy atom. The number of ether oxygens (including phenoxy) is 1. The van der Waals surface area contributed by atoms with Crippen LogP contribution in [0, 0.1) is 6.92 Å². The zero-order valence-corrected chi connectivity index (χ0v) is 18.1. The van der Waals surface area contributed by atoms with Gasteiger partial charge < -0.3 is 18.2 Å². The van der Waals surface area contributed by atoms with Crippen LogP contribution >= 0.6 is 19.4 Å². The van der Waals surface area contributed by atoms with E-state index in [1.54, 1.807) is 27.0 Å². The van der Waals surface area contributed by atoms with Gasteiger partial charge in [0.05, 0.1) is 38.8 Å². The Morgan fingerprint density at radius 2 is 1.81 bits per heavy atom. The number of carbonyl (C=O) groups is 1. The molecule has 0 aliphatic rings. The molecule has 26 heavy (non-hydrogen) atoms. The summed E-state index contributed by atoms with van der Waals surface area (Å²) in [6.07, 6.45) is 4.92. The highest BCUT2D eigenvalue weighted by atomic mass is 32.2. The predicted molar refractivity (Wildman–Crippen MR) is 105 cm³/mol. The molecule has 8 heteroatoms. The molecule has 1 aromatic heterocycles. The van der Waals surface area contributed by atoms with Crippen molar-refractivity contribution in [3.8, 4) is 0 Å². The van der Waals surface area contributed by atoms with E-state index in [0.29, 0.717) is 11.3 Å². The van der Waals surface area contributed by atoms with E-state index in [0.717, 1.165) is 18.4 Å². The molecule has 0 N–H and O–H groups in total. The van der Waals surface area contributed by atoms with Gasteiger partial charge in [-0.1, -0.05) is 13.3 Å². The zero-order chi connectivity index (χ0) is 19.6. The lowest BCUT2D eigenvalue weighted by Gasteiger charge is -2.37. The van der Waals surface area contributed by atoms with E-state index < -0.39 is 18.1 Å². The summed E-state index contributed by atoms with van der Waals surface area (Å²) in [5, 5.41) is 0. The molecular formula is C18H31O6PS. The van der Waals surface area contributed by atoms with E-state index in [1.165, 1.54) is 18.0 Å². The Labute approximate surface area is 160 Å². The number of carbonyl (C=O) groups excluding carboxylic acids is 1. The molecule has 0 amide bonds. The number of hydrogen-bond donors (Lipinski definition) is 0. The van der Waals surface area contributed by atoms with Crippen LogP contribution in [0.5, 0.6) is 0 Å². The molecule has 0 saturated heterocycles. The van der Waals surface area contributed by atoms with Crippen LogP contribution in [0.15, 0.2) is 16.9 Å². The average Bonchev–Trinajstić information content (AvgIpc) is 3.01. The van der Waals surface area contributed by atoms with E-state index in [9.17, 15) is 9.36 Å². The van der Waals surface area contributed by atoms with E-state index in [4.69, 9.17) is 18.2 Å². The van der Waals surface area contributed by atoms with Crippen molar-refractivity contribution in [1.29, 1.82) is 0 Å². The van der Waals surface area contributed by atoms with Gasteiger partial charge >= 0.3 is 13.6 Å². The Kier molecular flexibility index (Phi) is 10.0. The number of furan rings is 1. The molecule has 1 heterocycles. The highest BCUT2D eigenvalue weighted by Crippen LogP contribution is 2.72. The molecule has 1 unspecified atom stereocenters. The molecule has 0 radical (unpaired) electrons. The van der Waals surface area contributed by atoms with Crippen molar-refractivity contribution >= 4 is 25.3 Å². The van der Waals surface area contributed by atoms with Crippen molar-refractivity contribution in [2.24, 2.45) is 0 Å². The first-order valence-corrected chi connectivity index (χ1v) is 11.7. The van der Waals surface area contributed by atoms with Gasteiger partial charge in [-0.2, -0.15) is 0 Å². The Hall–Kier alpha value is -0.750. The van der Waals surface area contributed by atoms with E-state index >= 15 is 0 Å². The third-order valence-electron chi connectivity index (χ3n) is 3.84. The van der Waals surface area contributed by atoms with Gasteiger partial charge in [0, 0.05) is 5.56 Å². The molecule has 0 fully saturated rings. The Morgan fingerprint density at radius 1 is 1.15 bits per heavy atom. The second kappa shape index (κ2) is 11.2. The summed E-state index contributed by atoms with van der Waals surface area (Å²) in [5.74, 6) is 0.279. The van der Waals surface area contributed by atoms with Gasteiger partial charge in [0.1, 0.15) is 0 Å². The lowest BCUT2D eigenvalue weighted by molar-refractivity contribution is -0.143. The summed E-state index contributed by atoms with van der Waals surface area (Å²) in [6, 6.07) is 0. The van der Waals surface area contributed by atoms with Gasteiger partial charge in [0.25, 0.3) is 0 Å². The smallest absolute Gasteiger partial charge is 0.351 e. The van der Waals surface area contributed by atoms with Gasteiger partial charge in [0.2, 0.25) is 0 Å². The third kappa shape index (κ3) is 5.38. The molecule has 0 aromatic carbocycles. The predicted octanol–water partition coefficient (Wildman–Crippen LogP) is 5.49. The summed E-state index contributed by atoms with van der Waals surface area (Å²) >= 11 is 1.43. The number of rotatable bonds is 13. The minimum absolute atomic E-state index is 0.104. The summed E-state index contributed by atoms with van der Waals surface area (Å²) < 4.78 is 34.6. The van der Waals surface area contributed by atoms with Crippen LogP contribution in [0.2, 0.25) is 0 Å². The molecule has 0 bridgehead atoms. The molecule has 0 aliphatic heterocycles. The van der Waals surface area contributed by atoms with Gasteiger partial charge in [-0.15, -0.1) is 11.8 Å². The maximum Gasteiger partial charge on any atom is 0.351 e. The minimum Gasteiger partial charge on any atom is -0.472 e. The maximum absolute atomic E-state index is 13.9. The van der Waals surface area contributed by atoms with Crippen LogP contribution in [0.1, 0.15) is 58.1 Å². The Balaban J connectivity index is 3.52. The molecule has 1 atom stereocenters. The van der Waals surface area contributed by atoms with Gasteiger partial charge in [0.15, 0.2) is 4.49 Å². The SMILES string of the molecule is CCCCSC(CC(=O)OCC)(c1cocc1C)P(=O)(OCC)OCC. The maximum atomic E-state index is 13.9. The molecular weight excluding hydrogens is 375 g/mol. The van der Waals surface area contributed by atoms with Crippen molar-refractivity contribution < 1.29 is 27.6 Å². The largest absolute Gasteiger partial charge is 0.472 e. The lowest BCUT2D eigenvalue weighted by Crippen LogP contribution is -2.30. The number of hydrogen-bond acceptors (Lipinski definition) is 7. The Bertz CT molecular complexity index is 592. The fraction of sp³-hybridized carbons (Fsp3) is 0.722. The topological polar surface area (TPSA) is 75.0 Å². The van der Waals surface area contributed by atoms with Gasteiger partial charge in [-0.05, 0) is 45.4 Å². The van der Waals surface area contributed by atoms with Crippen LogP contribution in [-0.4, -0.2) is 31.5 Å². The molecule has 1 aromatic rings. The standard InChI is InChI=1S/C18H31O6PS/c1-6-10-11-26-18(12-17(19)22-7-2,16-14-21-13-15(16)5)25(20,23-8-3)24-9-4/h13-14H,6-12H2,1-5H3. The fourth-order valence-corrected chi connectivity index (χ4v) is 7.28. The van der Waals surface area contributed by atoms with E-state index in [1.807, 2.05) is 6.92 Å². The van der Waals surface area contributed by atoms with Crippen LogP contribution in [0.4, 0.5) is 0 Å². The van der Waals surface area contributed by atoms with Crippen molar-refractivity contribution in [1.82, 2.24) is 0 Å². The minimum atomic E-state index is -3.69. The molecule has 0 aliphatic carbocycles. The highest BCUT2D eigenvalue weighted by molar-refractivity contribution is 8.06. The summed E-state index contributed by atoms with van der Waals surface area (Å²) in [5.41, 5.74) is 1.47. The molecule has 0 spiro atoms. The average molecular weight is 406 g/mol. The normalized spacial score (nSPS) is 14.2. The monoisotopic (exact) mass is 406 g/mol. The van der Waals surface area contributed by atoms with Crippen molar-refractivity contribution in [3.05, 3.63) is 23.7 Å². The molecule has 150 valence electrons. The second-order valence-electron chi connectivity index (χ2n) is 5.77. The van der Waals surface area contributed by atoms with Crippen LogP contribution in [0.25, 0.3) is 0 Å². The van der Waals surface area contributed by atoms with Crippen LogP contribution in [-0.2, 0) is 27.6 Å². The lowest BCUT2D eigenvalue weighted by atomic mass is 10.1. The number of aryl methyl sites for hydroxylation is 1. The number of thioether (sulfide) groups is 1. The van der Waals surface area contributed by atoms with Crippen molar-refractivity contribution in [3.63, 3.8) is 0 Å². The number of unbranched alkanes of at least 4 members (excludes halogenated alkanes) is 1. The fourth-order valence-electron chi connectivity index (χ4n) is 2.69. The molecule has 6 nitrogen and oxygen atoms in total. The van der Waals surface area contributed by atoms with Crippen LogP contribution < -0.4 is 0 Å². The first-order valence-electron chi connectivity index (χ1n) is 9.12. The highest BCUT2D eigenvalue weighted by Gasteiger charge is 2.55. The van der Waals surface area contributed by atoms with E-state index in [2.05, 4.69) is 6.92 Å². The second-order valence-corrected chi connectivity index (χ2v) is 9.74. The third-order valence-corrected chi connectivity index (χ3v) is 8.72. The van der Waals surface area contributed by atoms with Crippen LogP contribution in [0.3, 0.4) is 0 Å². The molecule has 1 rings (SSSR count). The first-order chi connectivity index (χ1) is 12.4. The van der Waals surface area contributed by atoms with E-state index in [-0.39, 0.29) is 26.2 Å². The molecule has 0 saturated carbocycles. The van der Waals surface area contributed by atoms with Gasteiger partial charge in [-0.25, -0.2) is 0 Å². The summed E-state index contributed by atoms with van der Waals surface area (Å²) in [4.78, 5) is 12.5. The number of esters is 1. The van der Waals surface area contributed by atoms with Crippen molar-refractivity contribution in [2.45, 2.75) is 58.4 Å². The first kappa shape index (κ1) is 23.3. The summed E-state index contributed by atoms with van der Waals surface area (Å²) in [6.45, 7) is 9.91. The zero-order valence-electron chi connectivity index (χ0n) is 16.4. The van der Waals surface area contributed by atoms with Crippen molar-refractivity contribution in [2.75, 3.05) is 25.6 Å².